The normalized spacial score (nSPS) is 17.6. The van der Waals surface area contributed by atoms with Gasteiger partial charge in [0.2, 0.25) is 10.0 Å². The first-order chi connectivity index (χ1) is 12.5. The molecule has 2 aromatic rings. The van der Waals surface area contributed by atoms with Crippen molar-refractivity contribution >= 4 is 21.6 Å². The minimum atomic E-state index is -3.46. The van der Waals surface area contributed by atoms with E-state index in [-0.39, 0.29) is 11.9 Å². The number of hydrogen-bond acceptors (Lipinski definition) is 3. The second kappa shape index (κ2) is 7.99. The molecule has 1 saturated heterocycles. The molecule has 2 N–H and O–H groups in total. The zero-order valence-electron chi connectivity index (χ0n) is 14.8. The van der Waals surface area contributed by atoms with Crippen molar-refractivity contribution in [3.8, 4) is 0 Å². The Hall–Kier alpha value is -2.22. The summed E-state index contributed by atoms with van der Waals surface area (Å²) in [5, 5.41) is 2.91. The molecule has 0 radical (unpaired) electrons. The van der Waals surface area contributed by atoms with Gasteiger partial charge in [0.15, 0.2) is 6.04 Å². The number of carbonyl (C=O) groups is 1. The number of nitrogens with one attached hydrogen (secondary N) is 2. The summed E-state index contributed by atoms with van der Waals surface area (Å²) in [6, 6.07) is 17.6. The van der Waals surface area contributed by atoms with Gasteiger partial charge >= 0.3 is 0 Å². The van der Waals surface area contributed by atoms with Gasteiger partial charge in [-0.2, -0.15) is 4.31 Å². The van der Waals surface area contributed by atoms with Gasteiger partial charge in [-0.15, -0.1) is 0 Å². The number of nitrogens with zero attached hydrogens (tertiary/aromatic N) is 1. The van der Waals surface area contributed by atoms with E-state index in [2.05, 4.69) is 5.32 Å². The summed E-state index contributed by atoms with van der Waals surface area (Å²) in [7, 11) is -3.46. The molecule has 1 fully saturated rings. The molecule has 0 spiro atoms. The van der Waals surface area contributed by atoms with E-state index in [1.54, 1.807) is 30.3 Å². The van der Waals surface area contributed by atoms with Gasteiger partial charge in [-0.05, 0) is 31.2 Å². The Kier molecular flexibility index (Phi) is 5.70. The van der Waals surface area contributed by atoms with Crippen molar-refractivity contribution < 1.29 is 18.1 Å². The first-order valence-corrected chi connectivity index (χ1v) is 10.2. The van der Waals surface area contributed by atoms with E-state index in [0.29, 0.717) is 31.1 Å². The number of carbonyl (C=O) groups excluding carboxylic acids is 1. The predicted octanol–water partition coefficient (Wildman–Crippen LogP) is 0.603. The van der Waals surface area contributed by atoms with Crippen LogP contribution in [0.4, 0.5) is 5.69 Å². The third-order valence-corrected chi connectivity index (χ3v) is 6.71. The van der Waals surface area contributed by atoms with Crippen molar-refractivity contribution in [3.05, 3.63) is 60.7 Å². The van der Waals surface area contributed by atoms with Crippen molar-refractivity contribution in [1.29, 1.82) is 0 Å². The van der Waals surface area contributed by atoms with E-state index in [0.717, 1.165) is 10.6 Å². The molecule has 0 bridgehead atoms. The standard InChI is InChI=1S/C19H23N3O3S/c1-16(19(23)20-17-8-4-2-5-9-17)21-12-14-22(15-13-21)26(24,25)18-10-6-3-7-11-18/h2-11,16H,12-15H2,1H3,(H,20,23)/p+1/t16-/m1/s1. The van der Waals surface area contributed by atoms with Crippen molar-refractivity contribution in [2.45, 2.75) is 17.9 Å². The summed E-state index contributed by atoms with van der Waals surface area (Å²) >= 11 is 0. The Labute approximate surface area is 154 Å². The van der Waals surface area contributed by atoms with Gasteiger partial charge in [-0.3, -0.25) is 4.79 Å². The second-order valence-electron chi connectivity index (χ2n) is 6.45. The maximum Gasteiger partial charge on any atom is 0.282 e. The van der Waals surface area contributed by atoms with E-state index in [9.17, 15) is 13.2 Å². The SMILES string of the molecule is C[C@H](C(=O)Nc1ccccc1)[NH+]1CCN(S(=O)(=O)c2ccccc2)CC1. The molecule has 1 aliphatic heterocycles. The number of piperazine rings is 1. The Morgan fingerprint density at radius 1 is 1.00 bits per heavy atom. The van der Waals surface area contributed by atoms with Crippen LogP contribution in [0.1, 0.15) is 6.92 Å². The Morgan fingerprint density at radius 2 is 1.54 bits per heavy atom. The van der Waals surface area contributed by atoms with Crippen LogP contribution in [0.15, 0.2) is 65.6 Å². The number of amides is 1. The number of benzene rings is 2. The zero-order valence-corrected chi connectivity index (χ0v) is 15.6. The Balaban J connectivity index is 1.59. The van der Waals surface area contributed by atoms with Gasteiger partial charge in [0.05, 0.1) is 31.1 Å². The van der Waals surface area contributed by atoms with E-state index >= 15 is 0 Å². The summed E-state index contributed by atoms with van der Waals surface area (Å²) in [5.74, 6) is -0.0504. The third-order valence-electron chi connectivity index (χ3n) is 4.79. The molecule has 1 amide bonds. The summed E-state index contributed by atoms with van der Waals surface area (Å²) in [5.41, 5.74) is 0.772. The van der Waals surface area contributed by atoms with Crippen LogP contribution >= 0.6 is 0 Å². The monoisotopic (exact) mass is 374 g/mol. The smallest absolute Gasteiger partial charge is 0.282 e. The van der Waals surface area contributed by atoms with Gasteiger partial charge in [0, 0.05) is 5.69 Å². The lowest BCUT2D eigenvalue weighted by Crippen LogP contribution is -3.19. The first-order valence-electron chi connectivity index (χ1n) is 8.74. The van der Waals surface area contributed by atoms with Crippen LogP contribution in [0.3, 0.4) is 0 Å². The maximum atomic E-state index is 12.7. The number of hydrogen-bond donors (Lipinski definition) is 2. The van der Waals surface area contributed by atoms with Crippen molar-refractivity contribution in [2.75, 3.05) is 31.5 Å². The lowest BCUT2D eigenvalue weighted by Gasteiger charge is -2.34. The van der Waals surface area contributed by atoms with Crippen LogP contribution in [0, 0.1) is 0 Å². The molecule has 1 atom stereocenters. The van der Waals surface area contributed by atoms with Crippen molar-refractivity contribution in [2.24, 2.45) is 0 Å². The number of quaternary nitrogens is 1. The molecular formula is C19H24N3O3S+. The van der Waals surface area contributed by atoms with Crippen LogP contribution in [-0.4, -0.2) is 50.9 Å². The molecule has 138 valence electrons. The van der Waals surface area contributed by atoms with Crippen LogP contribution in [0.2, 0.25) is 0 Å². The lowest BCUT2D eigenvalue weighted by molar-refractivity contribution is -0.917. The van der Waals surface area contributed by atoms with E-state index < -0.39 is 10.0 Å². The van der Waals surface area contributed by atoms with Gasteiger partial charge in [0.25, 0.3) is 5.91 Å². The van der Waals surface area contributed by atoms with Crippen molar-refractivity contribution in [1.82, 2.24) is 4.31 Å². The van der Waals surface area contributed by atoms with Crippen LogP contribution in [-0.2, 0) is 14.8 Å². The predicted molar refractivity (Wildman–Crippen MR) is 100 cm³/mol. The Bertz CT molecular complexity index is 833. The largest absolute Gasteiger partial charge is 0.323 e. The van der Waals surface area contributed by atoms with Gasteiger partial charge in [-0.1, -0.05) is 36.4 Å². The number of anilines is 1. The number of sulfonamides is 1. The highest BCUT2D eigenvalue weighted by molar-refractivity contribution is 7.89. The average molecular weight is 374 g/mol. The molecule has 1 aliphatic rings. The fourth-order valence-electron chi connectivity index (χ4n) is 3.15. The molecule has 0 unspecified atom stereocenters. The molecule has 0 saturated carbocycles. The van der Waals surface area contributed by atoms with Crippen LogP contribution in [0.5, 0.6) is 0 Å². The van der Waals surface area contributed by atoms with E-state index in [1.807, 2.05) is 37.3 Å². The summed E-state index contributed by atoms with van der Waals surface area (Å²) < 4.78 is 26.9. The highest BCUT2D eigenvalue weighted by Crippen LogP contribution is 2.14. The average Bonchev–Trinajstić information content (AvgIpc) is 2.69. The maximum absolute atomic E-state index is 12.7. The molecule has 0 aromatic heterocycles. The molecule has 2 aromatic carbocycles. The van der Waals surface area contributed by atoms with Crippen molar-refractivity contribution in [3.63, 3.8) is 0 Å². The van der Waals surface area contributed by atoms with E-state index in [1.165, 1.54) is 4.31 Å². The minimum absolute atomic E-state index is 0.0504. The summed E-state index contributed by atoms with van der Waals surface area (Å²) in [6.07, 6.45) is 0. The summed E-state index contributed by atoms with van der Waals surface area (Å²) in [6.45, 7) is 3.92. The first kappa shape index (κ1) is 18.6. The molecule has 6 nitrogen and oxygen atoms in total. The Morgan fingerprint density at radius 3 is 2.12 bits per heavy atom. The summed E-state index contributed by atoms with van der Waals surface area (Å²) in [4.78, 5) is 13.9. The molecule has 3 rings (SSSR count). The van der Waals surface area contributed by atoms with Crippen LogP contribution in [0.25, 0.3) is 0 Å². The lowest BCUT2D eigenvalue weighted by atomic mass is 10.2. The number of rotatable bonds is 5. The van der Waals surface area contributed by atoms with Gasteiger partial charge in [-0.25, -0.2) is 8.42 Å². The third kappa shape index (κ3) is 4.12. The molecule has 1 heterocycles. The second-order valence-corrected chi connectivity index (χ2v) is 8.39. The zero-order chi connectivity index (χ0) is 18.6. The molecule has 7 heteroatoms. The molecule has 26 heavy (non-hydrogen) atoms. The fourth-order valence-corrected chi connectivity index (χ4v) is 4.61. The quantitative estimate of drug-likeness (QED) is 0.805. The minimum Gasteiger partial charge on any atom is -0.323 e. The number of para-hydroxylation sites is 1. The van der Waals surface area contributed by atoms with Crippen LogP contribution < -0.4 is 10.2 Å². The molecule has 0 aliphatic carbocycles. The fraction of sp³-hybridized carbons (Fsp3) is 0.316. The molecular weight excluding hydrogens is 350 g/mol. The van der Waals surface area contributed by atoms with Gasteiger partial charge < -0.3 is 10.2 Å². The highest BCUT2D eigenvalue weighted by atomic mass is 32.2. The van der Waals surface area contributed by atoms with E-state index in [4.69, 9.17) is 0 Å². The van der Waals surface area contributed by atoms with Gasteiger partial charge in [0.1, 0.15) is 0 Å². The highest BCUT2D eigenvalue weighted by Gasteiger charge is 2.34. The topological polar surface area (TPSA) is 70.9 Å².